The maximum absolute atomic E-state index is 12.7. The summed E-state index contributed by atoms with van der Waals surface area (Å²) in [6, 6.07) is 23.0. The summed E-state index contributed by atoms with van der Waals surface area (Å²) in [7, 11) is 0. The Balaban J connectivity index is 1.28. The van der Waals surface area contributed by atoms with Crippen molar-refractivity contribution in [3.63, 3.8) is 0 Å². The van der Waals surface area contributed by atoms with Crippen LogP contribution >= 0.6 is 11.6 Å². The topological polar surface area (TPSA) is 90.7 Å². The third-order valence-electron chi connectivity index (χ3n) is 7.03. The number of amides is 1. The van der Waals surface area contributed by atoms with E-state index in [1.165, 1.54) is 0 Å². The number of carbonyl (C=O) groups is 2. The van der Waals surface area contributed by atoms with Crippen molar-refractivity contribution in [1.29, 1.82) is 0 Å². The second-order valence-corrected chi connectivity index (χ2v) is 10.1. The number of aryl methyl sites for hydroxylation is 1. The molecule has 1 aromatic heterocycles. The molecule has 39 heavy (non-hydrogen) atoms. The first-order chi connectivity index (χ1) is 18.8. The van der Waals surface area contributed by atoms with E-state index in [0.29, 0.717) is 28.8 Å². The highest BCUT2D eigenvalue weighted by atomic mass is 35.5. The quantitative estimate of drug-likeness (QED) is 0.227. The van der Waals surface area contributed by atoms with Crippen molar-refractivity contribution < 1.29 is 23.6 Å². The Kier molecular flexibility index (Phi) is 7.44. The number of rotatable bonds is 8. The molecule has 0 bridgehead atoms. The molecule has 1 aliphatic carbocycles. The van der Waals surface area contributed by atoms with Gasteiger partial charge in [-0.05, 0) is 68.0 Å². The molecule has 1 N–H and O–H groups in total. The van der Waals surface area contributed by atoms with Crippen molar-refractivity contribution in [2.75, 3.05) is 11.9 Å². The zero-order valence-electron chi connectivity index (χ0n) is 22.0. The van der Waals surface area contributed by atoms with Crippen LogP contribution in [0.15, 0.2) is 77.3 Å². The van der Waals surface area contributed by atoms with Crippen LogP contribution in [0.4, 0.5) is 10.5 Å². The van der Waals surface area contributed by atoms with Crippen LogP contribution < -0.4 is 5.32 Å². The molecule has 3 aromatic carbocycles. The van der Waals surface area contributed by atoms with E-state index in [1.54, 1.807) is 26.0 Å². The molecule has 7 nitrogen and oxygen atoms in total. The normalized spacial score (nSPS) is 14.4. The van der Waals surface area contributed by atoms with Gasteiger partial charge in [0.1, 0.15) is 17.5 Å². The number of nitrogens with zero attached hydrogens (tertiary/aromatic N) is 1. The fourth-order valence-electron chi connectivity index (χ4n) is 4.63. The van der Waals surface area contributed by atoms with Gasteiger partial charge in [0.15, 0.2) is 5.76 Å². The summed E-state index contributed by atoms with van der Waals surface area (Å²) in [6.45, 7) is 5.74. The molecular formula is C31H29ClN2O5. The Bertz CT molecular complexity index is 1490. The predicted octanol–water partition coefficient (Wildman–Crippen LogP) is 7.87. The largest absolute Gasteiger partial charge is 0.465 e. The fraction of sp³-hybridized carbons (Fsp3) is 0.258. The first-order valence-corrected chi connectivity index (χ1v) is 13.3. The van der Waals surface area contributed by atoms with Gasteiger partial charge in [-0.1, -0.05) is 77.4 Å². The van der Waals surface area contributed by atoms with Gasteiger partial charge >= 0.3 is 12.1 Å². The van der Waals surface area contributed by atoms with Gasteiger partial charge < -0.3 is 14.0 Å². The summed E-state index contributed by atoms with van der Waals surface area (Å²) in [5.41, 5.74) is 5.06. The SMILES string of the molecule is CCOC(=O)C1(c2ccc(-c3ccc(-c4onc(C)c4NC(=O)OC(C)c4cccc(Cl)c4)cc3)cc2)CC1. The second-order valence-electron chi connectivity index (χ2n) is 9.66. The van der Waals surface area contributed by atoms with Gasteiger partial charge in [0, 0.05) is 10.6 Å². The highest BCUT2D eigenvalue weighted by Gasteiger charge is 2.52. The van der Waals surface area contributed by atoms with Gasteiger partial charge in [0.2, 0.25) is 0 Å². The molecule has 4 aromatic rings. The summed E-state index contributed by atoms with van der Waals surface area (Å²) < 4.78 is 16.4. The van der Waals surface area contributed by atoms with Gasteiger partial charge in [-0.3, -0.25) is 10.1 Å². The Morgan fingerprint density at radius 1 is 1.03 bits per heavy atom. The van der Waals surface area contributed by atoms with E-state index in [2.05, 4.69) is 10.5 Å². The lowest BCUT2D eigenvalue weighted by molar-refractivity contribution is -0.146. The third kappa shape index (κ3) is 5.54. The van der Waals surface area contributed by atoms with Crippen LogP contribution in [0.2, 0.25) is 5.02 Å². The standard InChI is InChI=1S/C31H29ClN2O5/c1-4-37-29(35)31(16-17-31)25-14-12-22(13-15-25)21-8-10-23(11-9-21)28-27(19(2)34-39-28)33-30(36)38-20(3)24-6-5-7-26(32)18-24/h5-15,18,20H,4,16-17H2,1-3H3,(H,33,36). The molecule has 1 amide bonds. The molecule has 1 saturated carbocycles. The highest BCUT2D eigenvalue weighted by molar-refractivity contribution is 6.30. The zero-order chi connectivity index (χ0) is 27.6. The predicted molar refractivity (Wildman–Crippen MR) is 150 cm³/mol. The number of carbonyl (C=O) groups excluding carboxylic acids is 2. The van der Waals surface area contributed by atoms with Crippen LogP contribution in [0.25, 0.3) is 22.5 Å². The van der Waals surface area contributed by atoms with Crippen molar-refractivity contribution in [1.82, 2.24) is 5.16 Å². The van der Waals surface area contributed by atoms with E-state index < -0.39 is 17.6 Å². The molecule has 0 spiro atoms. The summed E-state index contributed by atoms with van der Waals surface area (Å²) in [4.78, 5) is 25.1. The maximum Gasteiger partial charge on any atom is 0.412 e. The van der Waals surface area contributed by atoms with Gasteiger partial charge in [-0.15, -0.1) is 0 Å². The first kappa shape index (κ1) is 26.5. The molecule has 0 saturated heterocycles. The molecule has 200 valence electrons. The molecule has 5 rings (SSSR count). The van der Waals surface area contributed by atoms with E-state index in [9.17, 15) is 9.59 Å². The van der Waals surface area contributed by atoms with Crippen LogP contribution in [-0.2, 0) is 19.7 Å². The molecular weight excluding hydrogens is 516 g/mol. The highest BCUT2D eigenvalue weighted by Crippen LogP contribution is 2.49. The van der Waals surface area contributed by atoms with E-state index in [4.69, 9.17) is 25.6 Å². The molecule has 1 aliphatic rings. The maximum atomic E-state index is 12.7. The van der Waals surface area contributed by atoms with Crippen molar-refractivity contribution in [3.05, 3.63) is 94.6 Å². The second kappa shape index (κ2) is 10.9. The number of hydrogen-bond donors (Lipinski definition) is 1. The van der Waals surface area contributed by atoms with Gasteiger partial charge in [-0.25, -0.2) is 4.79 Å². The van der Waals surface area contributed by atoms with Gasteiger partial charge in [-0.2, -0.15) is 0 Å². The third-order valence-corrected chi connectivity index (χ3v) is 7.26. The van der Waals surface area contributed by atoms with Gasteiger partial charge in [0.25, 0.3) is 0 Å². The van der Waals surface area contributed by atoms with Crippen LogP contribution in [0.1, 0.15) is 49.6 Å². The first-order valence-electron chi connectivity index (χ1n) is 12.9. The van der Waals surface area contributed by atoms with Crippen LogP contribution in [0, 0.1) is 6.92 Å². The summed E-state index contributed by atoms with van der Waals surface area (Å²) >= 11 is 6.06. The number of hydrogen-bond acceptors (Lipinski definition) is 6. The lowest BCUT2D eigenvalue weighted by Gasteiger charge is -2.15. The smallest absolute Gasteiger partial charge is 0.412 e. The average Bonchev–Trinajstić information content (AvgIpc) is 3.68. The van der Waals surface area contributed by atoms with Crippen molar-refractivity contribution in [3.8, 4) is 22.5 Å². The lowest BCUT2D eigenvalue weighted by Crippen LogP contribution is -2.23. The molecule has 0 radical (unpaired) electrons. The minimum absolute atomic E-state index is 0.142. The monoisotopic (exact) mass is 544 g/mol. The van der Waals surface area contributed by atoms with E-state index in [0.717, 1.165) is 40.7 Å². The number of anilines is 1. The van der Waals surface area contributed by atoms with Crippen LogP contribution in [-0.4, -0.2) is 23.8 Å². The molecule has 1 heterocycles. The molecule has 8 heteroatoms. The number of esters is 1. The molecule has 0 aliphatic heterocycles. The Hall–Kier alpha value is -4.10. The number of halogens is 1. The van der Waals surface area contributed by atoms with Crippen LogP contribution in [0.5, 0.6) is 0 Å². The Morgan fingerprint density at radius 3 is 2.28 bits per heavy atom. The lowest BCUT2D eigenvalue weighted by atomic mass is 9.93. The van der Waals surface area contributed by atoms with E-state index in [-0.39, 0.29) is 5.97 Å². The zero-order valence-corrected chi connectivity index (χ0v) is 22.7. The number of aromatic nitrogens is 1. The van der Waals surface area contributed by atoms with E-state index in [1.807, 2.05) is 67.6 Å². The number of ether oxygens (including phenoxy) is 2. The summed E-state index contributed by atoms with van der Waals surface area (Å²) in [5, 5.41) is 7.39. The van der Waals surface area contributed by atoms with Crippen molar-refractivity contribution in [2.45, 2.75) is 45.1 Å². The fourth-order valence-corrected chi connectivity index (χ4v) is 4.83. The van der Waals surface area contributed by atoms with Crippen LogP contribution in [0.3, 0.4) is 0 Å². The Labute approximate surface area is 232 Å². The minimum Gasteiger partial charge on any atom is -0.465 e. The Morgan fingerprint density at radius 2 is 1.67 bits per heavy atom. The minimum atomic E-state index is -0.622. The van der Waals surface area contributed by atoms with Crippen molar-refractivity contribution >= 4 is 29.4 Å². The van der Waals surface area contributed by atoms with E-state index >= 15 is 0 Å². The van der Waals surface area contributed by atoms with Gasteiger partial charge in [0.05, 0.1) is 12.0 Å². The molecule has 1 atom stereocenters. The summed E-state index contributed by atoms with van der Waals surface area (Å²) in [6.07, 6.45) is 0.521. The summed E-state index contributed by atoms with van der Waals surface area (Å²) in [5.74, 6) is 0.295. The van der Waals surface area contributed by atoms with Crippen molar-refractivity contribution in [2.24, 2.45) is 0 Å². The number of benzene rings is 3. The average molecular weight is 545 g/mol. The molecule has 1 unspecified atom stereocenters. The number of nitrogens with one attached hydrogen (secondary N) is 1. The molecule has 1 fully saturated rings.